The Morgan fingerprint density at radius 2 is 1.67 bits per heavy atom. The molecule has 4 rings (SSSR count). The Balaban J connectivity index is 1.74. The van der Waals surface area contributed by atoms with Gasteiger partial charge in [-0.25, -0.2) is 0 Å². The molecular weight excluding hydrogens is 379 g/mol. The van der Waals surface area contributed by atoms with E-state index in [2.05, 4.69) is 54.2 Å². The maximum Gasteiger partial charge on any atom is 0.0938 e. The van der Waals surface area contributed by atoms with Crippen molar-refractivity contribution >= 4 is 45.0 Å². The Labute approximate surface area is 168 Å². The molecule has 0 bridgehead atoms. The first-order valence-electron chi connectivity index (χ1n) is 9.07. The lowest BCUT2D eigenvalue weighted by Gasteiger charge is -2.24. The molecule has 140 valence electrons. The van der Waals surface area contributed by atoms with Crippen LogP contribution in [0.3, 0.4) is 0 Å². The summed E-state index contributed by atoms with van der Waals surface area (Å²) in [6.45, 7) is 8.68. The number of aromatic amines is 2. The Morgan fingerprint density at radius 3 is 2.41 bits per heavy atom. The zero-order valence-electron chi connectivity index (χ0n) is 15.8. The van der Waals surface area contributed by atoms with Gasteiger partial charge in [-0.15, -0.1) is 0 Å². The second-order valence-electron chi connectivity index (χ2n) is 8.07. The summed E-state index contributed by atoms with van der Waals surface area (Å²) in [6, 6.07) is 9.92. The minimum Gasteiger partial charge on any atom is -0.281 e. The van der Waals surface area contributed by atoms with Crippen molar-refractivity contribution in [3.63, 3.8) is 0 Å². The molecule has 27 heavy (non-hydrogen) atoms. The fourth-order valence-electron chi connectivity index (χ4n) is 3.74. The Hall–Kier alpha value is -2.04. The van der Waals surface area contributed by atoms with Crippen molar-refractivity contribution in [1.29, 1.82) is 0 Å². The molecule has 2 aromatic carbocycles. The number of rotatable bonds is 4. The van der Waals surface area contributed by atoms with E-state index in [1.54, 1.807) is 0 Å². The molecule has 0 atom stereocenters. The van der Waals surface area contributed by atoms with E-state index < -0.39 is 0 Å². The van der Waals surface area contributed by atoms with Gasteiger partial charge in [-0.2, -0.15) is 10.2 Å². The highest BCUT2D eigenvalue weighted by molar-refractivity contribution is 6.32. The molecule has 6 heteroatoms. The lowest BCUT2D eigenvalue weighted by Crippen LogP contribution is -2.21. The van der Waals surface area contributed by atoms with Crippen LogP contribution in [0.25, 0.3) is 21.8 Å². The van der Waals surface area contributed by atoms with E-state index in [-0.39, 0.29) is 5.41 Å². The van der Waals surface area contributed by atoms with Gasteiger partial charge in [0, 0.05) is 37.6 Å². The fraction of sp³-hybridized carbons (Fsp3) is 0.333. The van der Waals surface area contributed by atoms with E-state index in [0.717, 1.165) is 50.2 Å². The van der Waals surface area contributed by atoms with Crippen molar-refractivity contribution in [3.8, 4) is 0 Å². The minimum absolute atomic E-state index is 0.183. The van der Waals surface area contributed by atoms with Gasteiger partial charge >= 0.3 is 0 Å². The van der Waals surface area contributed by atoms with Crippen LogP contribution in [0, 0.1) is 0 Å². The Kier molecular flexibility index (Phi) is 4.44. The monoisotopic (exact) mass is 400 g/mol. The van der Waals surface area contributed by atoms with Crippen LogP contribution < -0.4 is 0 Å². The summed E-state index contributed by atoms with van der Waals surface area (Å²) in [4.78, 5) is 0. The third kappa shape index (κ3) is 3.21. The zero-order valence-corrected chi connectivity index (χ0v) is 17.3. The van der Waals surface area contributed by atoms with Crippen molar-refractivity contribution in [1.82, 2.24) is 20.4 Å². The van der Waals surface area contributed by atoms with E-state index in [9.17, 15) is 0 Å². The number of fused-ring (bicyclic) bond motifs is 2. The van der Waals surface area contributed by atoms with Gasteiger partial charge in [-0.1, -0.05) is 50.9 Å². The number of benzene rings is 2. The third-order valence-electron chi connectivity index (χ3n) is 5.16. The molecule has 0 saturated carbocycles. The largest absolute Gasteiger partial charge is 0.281 e. The molecule has 0 unspecified atom stereocenters. The molecule has 0 aliphatic carbocycles. The van der Waals surface area contributed by atoms with Crippen LogP contribution in [0.15, 0.2) is 30.3 Å². The first kappa shape index (κ1) is 18.3. The Bertz CT molecular complexity index is 1140. The maximum absolute atomic E-state index is 6.66. The van der Waals surface area contributed by atoms with Crippen LogP contribution in [-0.2, 0) is 11.8 Å². The molecule has 2 aromatic heterocycles. The van der Waals surface area contributed by atoms with Gasteiger partial charge in [0.15, 0.2) is 0 Å². The number of hydrogen-bond donors (Lipinski definition) is 2. The predicted molar refractivity (Wildman–Crippen MR) is 113 cm³/mol. The van der Waals surface area contributed by atoms with Crippen molar-refractivity contribution < 1.29 is 0 Å². The van der Waals surface area contributed by atoms with Crippen LogP contribution >= 0.6 is 23.2 Å². The summed E-state index contributed by atoms with van der Waals surface area (Å²) in [7, 11) is 0. The molecule has 0 radical (unpaired) electrons. The molecule has 0 saturated heterocycles. The van der Waals surface area contributed by atoms with Crippen molar-refractivity contribution in [2.45, 2.75) is 45.4 Å². The first-order chi connectivity index (χ1) is 12.8. The molecular formula is C21H22Cl2N4. The summed E-state index contributed by atoms with van der Waals surface area (Å²) in [6.07, 6.45) is 0.769. The van der Waals surface area contributed by atoms with Crippen molar-refractivity contribution in [3.05, 3.63) is 57.3 Å². The number of H-pyrrole nitrogens is 2. The van der Waals surface area contributed by atoms with Crippen LogP contribution in [0.2, 0.25) is 10.0 Å². The molecule has 4 nitrogen and oxygen atoms in total. The predicted octanol–water partition coefficient (Wildman–Crippen LogP) is 6.39. The van der Waals surface area contributed by atoms with E-state index in [1.807, 2.05) is 24.3 Å². The van der Waals surface area contributed by atoms with Gasteiger partial charge in [0.05, 0.1) is 11.0 Å². The molecule has 0 aliphatic rings. The van der Waals surface area contributed by atoms with E-state index in [0.29, 0.717) is 10.9 Å². The fourth-order valence-corrected chi connectivity index (χ4v) is 4.13. The Morgan fingerprint density at radius 1 is 0.963 bits per heavy atom. The van der Waals surface area contributed by atoms with Gasteiger partial charge in [0.1, 0.15) is 0 Å². The van der Waals surface area contributed by atoms with Crippen molar-refractivity contribution in [2.75, 3.05) is 0 Å². The van der Waals surface area contributed by atoms with E-state index in [4.69, 9.17) is 23.2 Å². The van der Waals surface area contributed by atoms with Crippen LogP contribution in [-0.4, -0.2) is 20.4 Å². The van der Waals surface area contributed by atoms with Crippen molar-refractivity contribution in [2.24, 2.45) is 0 Å². The number of nitrogens with one attached hydrogen (secondary N) is 2. The SMILES string of the molecule is CC(C)c1[nH]nc2cc(CC(C)(C)c3[nH]nc4cc(Cl)ccc34)c(Cl)cc12. The third-order valence-corrected chi connectivity index (χ3v) is 5.74. The average molecular weight is 401 g/mol. The molecule has 0 fully saturated rings. The summed E-state index contributed by atoms with van der Waals surface area (Å²) in [5, 5.41) is 18.9. The molecule has 2 heterocycles. The van der Waals surface area contributed by atoms with Gasteiger partial charge in [-0.3, -0.25) is 10.2 Å². The molecule has 0 aliphatic heterocycles. The highest BCUT2D eigenvalue weighted by Gasteiger charge is 2.27. The van der Waals surface area contributed by atoms with Gasteiger partial charge in [0.25, 0.3) is 0 Å². The summed E-state index contributed by atoms with van der Waals surface area (Å²) >= 11 is 12.7. The second kappa shape index (κ2) is 6.54. The number of nitrogens with zero attached hydrogens (tertiary/aromatic N) is 2. The lowest BCUT2D eigenvalue weighted by atomic mass is 9.81. The van der Waals surface area contributed by atoms with E-state index in [1.165, 1.54) is 0 Å². The van der Waals surface area contributed by atoms with Gasteiger partial charge < -0.3 is 0 Å². The molecule has 2 N–H and O–H groups in total. The van der Waals surface area contributed by atoms with Gasteiger partial charge in [-0.05, 0) is 48.2 Å². The smallest absolute Gasteiger partial charge is 0.0938 e. The highest BCUT2D eigenvalue weighted by atomic mass is 35.5. The summed E-state index contributed by atoms with van der Waals surface area (Å²) in [5.41, 5.74) is 4.92. The van der Waals surface area contributed by atoms with E-state index >= 15 is 0 Å². The number of halogens is 2. The van der Waals surface area contributed by atoms with Crippen LogP contribution in [0.5, 0.6) is 0 Å². The number of hydrogen-bond acceptors (Lipinski definition) is 2. The van der Waals surface area contributed by atoms with Crippen LogP contribution in [0.4, 0.5) is 0 Å². The summed E-state index contributed by atoms with van der Waals surface area (Å²) < 4.78 is 0. The quantitative estimate of drug-likeness (QED) is 0.416. The van der Waals surface area contributed by atoms with Gasteiger partial charge in [0.2, 0.25) is 0 Å². The average Bonchev–Trinajstić information content (AvgIpc) is 3.18. The first-order valence-corrected chi connectivity index (χ1v) is 9.82. The number of aromatic nitrogens is 4. The molecule has 0 spiro atoms. The topological polar surface area (TPSA) is 57.4 Å². The maximum atomic E-state index is 6.66. The molecule has 0 amide bonds. The highest BCUT2D eigenvalue weighted by Crippen LogP contribution is 2.36. The summed E-state index contributed by atoms with van der Waals surface area (Å²) in [5.74, 6) is 0.372. The lowest BCUT2D eigenvalue weighted by molar-refractivity contribution is 0.508. The standard InChI is InChI=1S/C21H22Cl2N4/c1-11(2)19-15-9-16(23)12(7-17(15)24-26-19)10-21(3,4)20-14-6-5-13(22)8-18(14)25-27-20/h5-9,11H,10H2,1-4H3,(H,24,26)(H,25,27). The second-order valence-corrected chi connectivity index (χ2v) is 8.92. The van der Waals surface area contributed by atoms with Crippen LogP contribution in [0.1, 0.15) is 50.6 Å². The minimum atomic E-state index is -0.183. The zero-order chi connectivity index (χ0) is 19.3. The molecule has 4 aromatic rings. The normalized spacial score (nSPS) is 12.6.